The summed E-state index contributed by atoms with van der Waals surface area (Å²) in [4.78, 5) is 2.32. The Hall–Kier alpha value is -0.380. The fourth-order valence-corrected chi connectivity index (χ4v) is 2.62. The normalized spacial score (nSPS) is 26.2. The van der Waals surface area contributed by atoms with Crippen LogP contribution in [0, 0.1) is 0 Å². The molecule has 0 aromatic heterocycles. The molecule has 1 heterocycles. The van der Waals surface area contributed by atoms with Gasteiger partial charge in [0, 0.05) is 16.6 Å². The molecule has 2 nitrogen and oxygen atoms in total. The van der Waals surface area contributed by atoms with Gasteiger partial charge in [0.1, 0.15) is 0 Å². The second-order valence-corrected chi connectivity index (χ2v) is 5.89. The zero-order valence-electron chi connectivity index (χ0n) is 9.75. The van der Waals surface area contributed by atoms with Crippen molar-refractivity contribution in [1.82, 2.24) is 4.90 Å². The summed E-state index contributed by atoms with van der Waals surface area (Å²) in [7, 11) is 2.15. The lowest BCUT2D eigenvalue weighted by molar-refractivity contribution is 0.354. The molecule has 0 spiro atoms. The molecule has 88 valence electrons. The van der Waals surface area contributed by atoms with Crippen LogP contribution < -0.4 is 5.73 Å². The summed E-state index contributed by atoms with van der Waals surface area (Å²) in [6.45, 7) is 2.17. The summed E-state index contributed by atoms with van der Waals surface area (Å²) in [6.07, 6.45) is 3.29. The molecule has 0 aliphatic carbocycles. The number of hydrogen-bond acceptors (Lipinski definition) is 2. The quantitative estimate of drug-likeness (QED) is 0.923. The fourth-order valence-electron chi connectivity index (χ4n) is 2.36. The van der Waals surface area contributed by atoms with E-state index in [0.29, 0.717) is 0 Å². The minimum Gasteiger partial charge on any atom is -0.324 e. The number of likely N-dealkylation sites (tertiary alicyclic amines) is 1. The molecule has 0 saturated carbocycles. The van der Waals surface area contributed by atoms with Gasteiger partial charge in [0.25, 0.3) is 0 Å². The number of nitrogens with zero attached hydrogens (tertiary/aromatic N) is 1. The number of aryl methyl sites for hydroxylation is 1. The van der Waals surface area contributed by atoms with Crippen LogP contribution in [-0.4, -0.2) is 30.6 Å². The van der Waals surface area contributed by atoms with E-state index in [9.17, 15) is 0 Å². The van der Waals surface area contributed by atoms with Crippen molar-refractivity contribution in [3.05, 3.63) is 34.3 Å². The average Bonchev–Trinajstić information content (AvgIpc) is 2.59. The number of rotatable bonds is 3. The van der Waals surface area contributed by atoms with Crippen LogP contribution in [0.5, 0.6) is 0 Å². The highest BCUT2D eigenvalue weighted by Gasteiger charge is 2.31. The first kappa shape index (κ1) is 12.1. The zero-order valence-corrected chi connectivity index (χ0v) is 11.3. The van der Waals surface area contributed by atoms with Crippen molar-refractivity contribution < 1.29 is 0 Å². The monoisotopic (exact) mass is 282 g/mol. The van der Waals surface area contributed by atoms with E-state index in [2.05, 4.69) is 52.1 Å². The Morgan fingerprint density at radius 2 is 2.06 bits per heavy atom. The minimum atomic E-state index is 0.0296. The molecule has 1 saturated heterocycles. The first-order chi connectivity index (χ1) is 7.57. The molecule has 1 aromatic rings. The summed E-state index contributed by atoms with van der Waals surface area (Å²) < 4.78 is 1.14. The lowest BCUT2D eigenvalue weighted by Gasteiger charge is -2.23. The topological polar surface area (TPSA) is 29.3 Å². The third-order valence-corrected chi connectivity index (χ3v) is 3.93. The third kappa shape index (κ3) is 3.06. The van der Waals surface area contributed by atoms with E-state index in [4.69, 9.17) is 5.73 Å². The van der Waals surface area contributed by atoms with Crippen molar-refractivity contribution in [2.24, 2.45) is 5.73 Å². The van der Waals surface area contributed by atoms with Crippen molar-refractivity contribution in [2.45, 2.75) is 24.8 Å². The van der Waals surface area contributed by atoms with Gasteiger partial charge >= 0.3 is 0 Å². The molecule has 1 unspecified atom stereocenters. The highest BCUT2D eigenvalue weighted by molar-refractivity contribution is 9.10. The predicted octanol–water partition coefficient (Wildman–Crippen LogP) is 2.41. The summed E-state index contributed by atoms with van der Waals surface area (Å²) >= 11 is 3.45. The predicted molar refractivity (Wildman–Crippen MR) is 71.5 cm³/mol. The number of likely N-dealkylation sites (N-methyl/N-ethyl adjacent to an activating group) is 1. The van der Waals surface area contributed by atoms with Gasteiger partial charge in [-0.2, -0.15) is 0 Å². The van der Waals surface area contributed by atoms with E-state index in [1.165, 1.54) is 5.56 Å². The molecule has 1 fully saturated rings. The molecule has 2 rings (SSSR count). The van der Waals surface area contributed by atoms with Crippen LogP contribution in [0.3, 0.4) is 0 Å². The molecule has 1 aliphatic rings. The molecule has 16 heavy (non-hydrogen) atoms. The Kier molecular flexibility index (Phi) is 3.67. The van der Waals surface area contributed by atoms with E-state index in [1.807, 2.05) is 0 Å². The van der Waals surface area contributed by atoms with E-state index >= 15 is 0 Å². The zero-order chi connectivity index (χ0) is 11.6. The number of nitrogens with two attached hydrogens (primary N) is 1. The molecule has 2 N–H and O–H groups in total. The summed E-state index contributed by atoms with van der Waals surface area (Å²) in [5.74, 6) is 0. The smallest absolute Gasteiger partial charge is 0.0298 e. The summed E-state index contributed by atoms with van der Waals surface area (Å²) in [5, 5.41) is 0. The van der Waals surface area contributed by atoms with Crippen molar-refractivity contribution in [2.75, 3.05) is 20.1 Å². The van der Waals surface area contributed by atoms with Crippen LogP contribution in [0.1, 0.15) is 18.4 Å². The van der Waals surface area contributed by atoms with E-state index in [1.54, 1.807) is 0 Å². The lowest BCUT2D eigenvalue weighted by atomic mass is 9.91. The van der Waals surface area contributed by atoms with Gasteiger partial charge in [-0.15, -0.1) is 0 Å². The average molecular weight is 283 g/mol. The molecule has 1 atom stereocenters. The summed E-state index contributed by atoms with van der Waals surface area (Å²) in [5.41, 5.74) is 7.78. The Morgan fingerprint density at radius 3 is 2.62 bits per heavy atom. The van der Waals surface area contributed by atoms with E-state index in [0.717, 1.165) is 36.8 Å². The van der Waals surface area contributed by atoms with Gasteiger partial charge in [-0.3, -0.25) is 0 Å². The highest BCUT2D eigenvalue weighted by atomic mass is 79.9. The summed E-state index contributed by atoms with van der Waals surface area (Å²) in [6, 6.07) is 8.54. The standard InChI is InChI=1S/C13H19BrN2/c1-16-9-8-13(15,10-16)7-6-11-2-4-12(14)5-3-11/h2-5H,6-10,15H2,1H3. The van der Waals surface area contributed by atoms with Gasteiger partial charge in [-0.1, -0.05) is 28.1 Å². The first-order valence-corrected chi connectivity index (χ1v) is 6.59. The number of halogens is 1. The van der Waals surface area contributed by atoms with E-state index in [-0.39, 0.29) is 5.54 Å². The van der Waals surface area contributed by atoms with Gasteiger partial charge in [0.05, 0.1) is 0 Å². The molecule has 0 amide bonds. The lowest BCUT2D eigenvalue weighted by Crippen LogP contribution is -2.42. The van der Waals surface area contributed by atoms with Gasteiger partial charge in [0.15, 0.2) is 0 Å². The highest BCUT2D eigenvalue weighted by Crippen LogP contribution is 2.23. The number of benzene rings is 1. The number of hydrogen-bond donors (Lipinski definition) is 1. The third-order valence-electron chi connectivity index (χ3n) is 3.40. The van der Waals surface area contributed by atoms with Crippen molar-refractivity contribution >= 4 is 15.9 Å². The molecule has 3 heteroatoms. The molecule has 1 aromatic carbocycles. The second kappa shape index (κ2) is 4.86. The van der Waals surface area contributed by atoms with Gasteiger partial charge in [-0.25, -0.2) is 0 Å². The van der Waals surface area contributed by atoms with Crippen LogP contribution >= 0.6 is 15.9 Å². The largest absolute Gasteiger partial charge is 0.324 e. The molecular formula is C13H19BrN2. The maximum Gasteiger partial charge on any atom is 0.0298 e. The van der Waals surface area contributed by atoms with Crippen molar-refractivity contribution in [1.29, 1.82) is 0 Å². The Bertz CT molecular complexity index is 349. The molecular weight excluding hydrogens is 264 g/mol. The Morgan fingerprint density at radius 1 is 1.38 bits per heavy atom. The van der Waals surface area contributed by atoms with Crippen molar-refractivity contribution in [3.63, 3.8) is 0 Å². The maximum absolute atomic E-state index is 6.38. The van der Waals surface area contributed by atoms with Gasteiger partial charge in [0.2, 0.25) is 0 Å². The van der Waals surface area contributed by atoms with Gasteiger partial charge < -0.3 is 10.6 Å². The van der Waals surface area contributed by atoms with Crippen LogP contribution in [0.25, 0.3) is 0 Å². The van der Waals surface area contributed by atoms with Crippen LogP contribution in [0.4, 0.5) is 0 Å². The van der Waals surface area contributed by atoms with Crippen LogP contribution in [0.15, 0.2) is 28.7 Å². The second-order valence-electron chi connectivity index (χ2n) is 4.98. The first-order valence-electron chi connectivity index (χ1n) is 5.79. The Balaban J connectivity index is 1.90. The SMILES string of the molecule is CN1CCC(N)(CCc2ccc(Br)cc2)C1. The van der Waals surface area contributed by atoms with Gasteiger partial charge in [-0.05, 0) is 50.6 Å². The molecule has 0 bridgehead atoms. The fraction of sp³-hybridized carbons (Fsp3) is 0.538. The molecule has 0 radical (unpaired) electrons. The van der Waals surface area contributed by atoms with Crippen molar-refractivity contribution in [3.8, 4) is 0 Å². The van der Waals surface area contributed by atoms with E-state index < -0.39 is 0 Å². The Labute approximate surface area is 106 Å². The van der Waals surface area contributed by atoms with Crippen LogP contribution in [0.2, 0.25) is 0 Å². The van der Waals surface area contributed by atoms with Crippen LogP contribution in [-0.2, 0) is 6.42 Å². The molecule has 1 aliphatic heterocycles. The minimum absolute atomic E-state index is 0.0296. The maximum atomic E-state index is 6.38.